The number of urea groups is 1. The van der Waals surface area contributed by atoms with E-state index < -0.39 is 29.1 Å². The Morgan fingerprint density at radius 3 is 2.37 bits per heavy atom. The third kappa shape index (κ3) is 6.06. The number of benzene rings is 3. The van der Waals surface area contributed by atoms with Gasteiger partial charge in [0, 0.05) is 18.3 Å². The lowest BCUT2D eigenvalue weighted by atomic mass is 9.79. The van der Waals surface area contributed by atoms with E-state index in [2.05, 4.69) is 15.6 Å². The van der Waals surface area contributed by atoms with Crippen molar-refractivity contribution < 1.29 is 27.1 Å². The normalized spacial score (nSPS) is 12.9. The van der Waals surface area contributed by atoms with Crippen molar-refractivity contribution in [2.45, 2.75) is 18.1 Å². The van der Waals surface area contributed by atoms with E-state index in [9.17, 15) is 22.4 Å². The molecule has 0 aliphatic rings. The van der Waals surface area contributed by atoms with Gasteiger partial charge in [0.25, 0.3) is 0 Å². The number of alkyl halides is 3. The van der Waals surface area contributed by atoms with Crippen LogP contribution in [0.2, 0.25) is 5.02 Å². The molecule has 0 radical (unpaired) electrons. The van der Waals surface area contributed by atoms with Crippen LogP contribution < -0.4 is 15.4 Å². The van der Waals surface area contributed by atoms with E-state index in [0.29, 0.717) is 10.6 Å². The maximum absolute atomic E-state index is 14.0. The first kappa shape index (κ1) is 26.9. The fourth-order valence-electron chi connectivity index (χ4n) is 4.17. The topological polar surface area (TPSA) is 63.2 Å². The van der Waals surface area contributed by atoms with Crippen LogP contribution in [-0.4, -0.2) is 18.1 Å². The number of hydrogen-bond donors (Lipinski definition) is 2. The molecule has 0 saturated carbocycles. The molecule has 0 spiro atoms. The Balaban J connectivity index is 1.91. The summed E-state index contributed by atoms with van der Waals surface area (Å²) in [5, 5.41) is 5.68. The number of pyridine rings is 1. The van der Waals surface area contributed by atoms with Gasteiger partial charge in [-0.15, -0.1) is 0 Å². The zero-order valence-corrected chi connectivity index (χ0v) is 20.8. The molecule has 0 unspecified atom stereocenters. The van der Waals surface area contributed by atoms with E-state index in [0.717, 1.165) is 19.2 Å². The smallest absolute Gasteiger partial charge is 0.419 e. The summed E-state index contributed by atoms with van der Waals surface area (Å²) in [6.07, 6.45) is -3.36. The molecule has 4 aromatic rings. The third-order valence-corrected chi connectivity index (χ3v) is 6.11. The molecule has 0 saturated heterocycles. The van der Waals surface area contributed by atoms with Crippen LogP contribution in [0.25, 0.3) is 0 Å². The number of anilines is 1. The number of amides is 2. The number of carbonyl (C=O) groups excluding carboxylic acids is 1. The van der Waals surface area contributed by atoms with Crippen LogP contribution in [0.3, 0.4) is 0 Å². The number of methoxy groups -OCH3 is 1. The summed E-state index contributed by atoms with van der Waals surface area (Å²) in [6, 6.07) is 20.0. The quantitative estimate of drug-likeness (QED) is 0.242. The molecule has 0 aliphatic heterocycles. The number of nitrogens with zero attached hydrogens (tertiary/aromatic N) is 1. The molecule has 4 rings (SSSR count). The highest BCUT2D eigenvalue weighted by atomic mass is 35.5. The van der Waals surface area contributed by atoms with Crippen molar-refractivity contribution in [3.8, 4) is 5.75 Å². The van der Waals surface area contributed by atoms with Gasteiger partial charge >= 0.3 is 12.2 Å². The maximum atomic E-state index is 14.0. The molecular weight excluding hydrogens is 522 g/mol. The van der Waals surface area contributed by atoms with Gasteiger partial charge in [-0.05, 0) is 53.6 Å². The number of nitrogens with one attached hydrogen (secondary N) is 2. The minimum atomic E-state index is -4.74. The van der Waals surface area contributed by atoms with Crippen molar-refractivity contribution in [3.63, 3.8) is 0 Å². The van der Waals surface area contributed by atoms with Gasteiger partial charge in [-0.1, -0.05) is 54.1 Å². The van der Waals surface area contributed by atoms with Crippen LogP contribution >= 0.6 is 11.6 Å². The second kappa shape index (κ2) is 11.1. The predicted octanol–water partition coefficient (Wildman–Crippen LogP) is 7.21. The van der Waals surface area contributed by atoms with Gasteiger partial charge in [-0.3, -0.25) is 4.98 Å². The van der Waals surface area contributed by atoms with Crippen molar-refractivity contribution in [1.29, 1.82) is 0 Å². The fraction of sp³-hybridized carbons (Fsp3) is 0.143. The molecule has 196 valence electrons. The van der Waals surface area contributed by atoms with Crippen molar-refractivity contribution in [2.75, 3.05) is 12.4 Å². The Hall–Kier alpha value is -4.11. The van der Waals surface area contributed by atoms with Crippen LogP contribution in [-0.2, 0) is 18.1 Å². The fourth-order valence-corrected chi connectivity index (χ4v) is 4.28. The molecule has 0 aliphatic carbocycles. The molecule has 38 heavy (non-hydrogen) atoms. The number of ether oxygens (including phenoxy) is 1. The van der Waals surface area contributed by atoms with E-state index >= 15 is 0 Å². The van der Waals surface area contributed by atoms with Crippen LogP contribution in [0.1, 0.15) is 22.4 Å². The van der Waals surface area contributed by atoms with Gasteiger partial charge in [-0.25, -0.2) is 9.18 Å². The zero-order chi connectivity index (χ0) is 27.3. The Morgan fingerprint density at radius 1 is 0.974 bits per heavy atom. The summed E-state index contributed by atoms with van der Waals surface area (Å²) >= 11 is 6.06. The number of carbonyl (C=O) groups is 1. The average molecular weight is 544 g/mol. The van der Waals surface area contributed by atoms with E-state index in [4.69, 9.17) is 16.3 Å². The molecule has 1 heterocycles. The van der Waals surface area contributed by atoms with Crippen LogP contribution in [0.15, 0.2) is 91.1 Å². The van der Waals surface area contributed by atoms with Gasteiger partial charge < -0.3 is 15.4 Å². The van der Waals surface area contributed by atoms with Crippen molar-refractivity contribution in [1.82, 2.24) is 10.3 Å². The molecule has 0 fully saturated rings. The summed E-state index contributed by atoms with van der Waals surface area (Å²) in [5.41, 5.74) is -1.42. The SMILES string of the molecule is COc1ccc([C@](Cc2ccccc2)(NC(=O)Nc2cccc(F)c2)c2ccc(Cl)cn2)cc1C(F)(F)F. The lowest BCUT2D eigenvalue weighted by molar-refractivity contribution is -0.138. The minimum Gasteiger partial charge on any atom is -0.496 e. The first-order valence-corrected chi connectivity index (χ1v) is 11.7. The Morgan fingerprint density at radius 2 is 1.74 bits per heavy atom. The van der Waals surface area contributed by atoms with Crippen LogP contribution in [0, 0.1) is 5.82 Å². The molecule has 2 N–H and O–H groups in total. The highest BCUT2D eigenvalue weighted by molar-refractivity contribution is 6.30. The van der Waals surface area contributed by atoms with Gasteiger partial charge in [0.2, 0.25) is 0 Å². The lowest BCUT2D eigenvalue weighted by Crippen LogP contribution is -2.50. The molecule has 1 aromatic heterocycles. The number of hydrogen-bond acceptors (Lipinski definition) is 3. The summed E-state index contributed by atoms with van der Waals surface area (Å²) in [7, 11) is 1.15. The van der Waals surface area contributed by atoms with Crippen molar-refractivity contribution >= 4 is 23.3 Å². The number of halogens is 5. The molecule has 5 nitrogen and oxygen atoms in total. The van der Waals surface area contributed by atoms with Gasteiger partial charge in [0.15, 0.2) is 0 Å². The largest absolute Gasteiger partial charge is 0.496 e. The second-order valence-electron chi connectivity index (χ2n) is 8.43. The minimum absolute atomic E-state index is 0.0304. The van der Waals surface area contributed by atoms with E-state index in [1.807, 2.05) is 0 Å². The standard InChI is InChI=1S/C28H22ClF4N3O2/c1-38-24-12-10-19(14-23(24)28(31,32)33)27(16-18-6-3-2-4-7-18,25-13-11-20(29)17-34-25)36-26(37)35-22-9-5-8-21(30)15-22/h2-15,17H,16H2,1H3,(H2,35,36,37)/t27-/m0/s1. The highest BCUT2D eigenvalue weighted by Gasteiger charge is 2.41. The van der Waals surface area contributed by atoms with Crippen molar-refractivity contribution in [2.24, 2.45) is 0 Å². The first-order chi connectivity index (χ1) is 18.1. The summed E-state index contributed by atoms with van der Waals surface area (Å²) in [5.74, 6) is -0.939. The van der Waals surface area contributed by atoms with Gasteiger partial charge in [-0.2, -0.15) is 13.2 Å². The average Bonchev–Trinajstić information content (AvgIpc) is 2.88. The van der Waals surface area contributed by atoms with Crippen molar-refractivity contribution in [3.05, 3.63) is 124 Å². The molecule has 3 aromatic carbocycles. The summed E-state index contributed by atoms with van der Waals surface area (Å²) < 4.78 is 60.8. The van der Waals surface area contributed by atoms with Crippen LogP contribution in [0.4, 0.5) is 28.0 Å². The molecular formula is C28H22ClF4N3O2. The third-order valence-electron chi connectivity index (χ3n) is 5.88. The Kier molecular flexibility index (Phi) is 7.87. The summed E-state index contributed by atoms with van der Waals surface area (Å²) in [4.78, 5) is 17.7. The number of rotatable bonds is 7. The van der Waals surface area contributed by atoms with Crippen LogP contribution in [0.5, 0.6) is 5.75 Å². The van der Waals surface area contributed by atoms with E-state index in [-0.39, 0.29) is 29.1 Å². The van der Waals surface area contributed by atoms with Gasteiger partial charge in [0.05, 0.1) is 23.4 Å². The predicted molar refractivity (Wildman–Crippen MR) is 137 cm³/mol. The first-order valence-electron chi connectivity index (χ1n) is 11.4. The molecule has 10 heteroatoms. The second-order valence-corrected chi connectivity index (χ2v) is 8.87. The lowest BCUT2D eigenvalue weighted by Gasteiger charge is -2.36. The summed E-state index contributed by atoms with van der Waals surface area (Å²) in [6.45, 7) is 0. The van der Waals surface area contributed by atoms with Gasteiger partial charge in [0.1, 0.15) is 17.1 Å². The van der Waals surface area contributed by atoms with E-state index in [1.165, 1.54) is 48.7 Å². The molecule has 2 amide bonds. The van der Waals surface area contributed by atoms with E-state index in [1.54, 1.807) is 30.3 Å². The molecule has 0 bridgehead atoms. The number of aromatic nitrogens is 1. The zero-order valence-electron chi connectivity index (χ0n) is 20.0. The molecule has 1 atom stereocenters. The Bertz CT molecular complexity index is 1420. The Labute approximate surface area is 221 Å². The monoisotopic (exact) mass is 543 g/mol. The highest BCUT2D eigenvalue weighted by Crippen LogP contribution is 2.41. The maximum Gasteiger partial charge on any atom is 0.419 e.